The SMILES string of the molecule is COC[C@H](COCc1cccc(C#Cc2cccc3ccccc23)c1)OP(=O)(O)OC. The Morgan fingerprint density at radius 3 is 2.55 bits per heavy atom. The van der Waals surface area contributed by atoms with E-state index in [4.69, 9.17) is 14.0 Å². The smallest absolute Gasteiger partial charge is 0.382 e. The van der Waals surface area contributed by atoms with E-state index in [0.29, 0.717) is 6.61 Å². The molecule has 3 aromatic carbocycles. The Morgan fingerprint density at radius 2 is 1.74 bits per heavy atom. The van der Waals surface area contributed by atoms with Crippen molar-refractivity contribution < 1.29 is 28.0 Å². The summed E-state index contributed by atoms with van der Waals surface area (Å²) in [7, 11) is -1.53. The molecule has 0 saturated heterocycles. The third-order valence-corrected chi connectivity index (χ3v) is 5.52. The maximum absolute atomic E-state index is 11.6. The molecule has 0 spiro atoms. The van der Waals surface area contributed by atoms with Crippen molar-refractivity contribution >= 4 is 18.6 Å². The van der Waals surface area contributed by atoms with Crippen LogP contribution in [0.4, 0.5) is 0 Å². The van der Waals surface area contributed by atoms with Crippen LogP contribution in [0.2, 0.25) is 0 Å². The summed E-state index contributed by atoms with van der Waals surface area (Å²) in [6, 6.07) is 22.0. The molecule has 0 radical (unpaired) electrons. The molecule has 0 fully saturated rings. The number of phosphoric acid groups is 1. The summed E-state index contributed by atoms with van der Waals surface area (Å²) in [6.45, 7) is 0.480. The molecule has 31 heavy (non-hydrogen) atoms. The number of fused-ring (bicyclic) bond motifs is 1. The van der Waals surface area contributed by atoms with E-state index in [9.17, 15) is 9.46 Å². The number of ether oxygens (including phenoxy) is 2. The first-order valence-corrected chi connectivity index (χ1v) is 11.2. The topological polar surface area (TPSA) is 74.2 Å². The van der Waals surface area contributed by atoms with E-state index in [-0.39, 0.29) is 13.2 Å². The molecule has 0 heterocycles. The molecule has 0 aliphatic carbocycles. The van der Waals surface area contributed by atoms with Gasteiger partial charge in [-0.3, -0.25) is 9.05 Å². The highest BCUT2D eigenvalue weighted by Gasteiger charge is 2.25. The van der Waals surface area contributed by atoms with E-state index in [2.05, 4.69) is 34.6 Å². The summed E-state index contributed by atoms with van der Waals surface area (Å²) >= 11 is 0. The van der Waals surface area contributed by atoms with Crippen molar-refractivity contribution in [1.82, 2.24) is 0 Å². The summed E-state index contributed by atoms with van der Waals surface area (Å²) in [5.41, 5.74) is 2.78. The van der Waals surface area contributed by atoms with Gasteiger partial charge >= 0.3 is 7.82 Å². The molecule has 162 valence electrons. The van der Waals surface area contributed by atoms with Crippen LogP contribution in [0, 0.1) is 11.8 Å². The van der Waals surface area contributed by atoms with Crippen molar-refractivity contribution in [3.05, 3.63) is 83.4 Å². The largest absolute Gasteiger partial charge is 0.472 e. The Bertz CT molecular complexity index is 1110. The van der Waals surface area contributed by atoms with Crippen molar-refractivity contribution in [2.24, 2.45) is 0 Å². The van der Waals surface area contributed by atoms with Crippen molar-refractivity contribution in [1.29, 1.82) is 0 Å². The first-order chi connectivity index (χ1) is 15.0. The molecule has 0 aliphatic rings. The minimum atomic E-state index is -4.11. The van der Waals surface area contributed by atoms with E-state index < -0.39 is 13.9 Å². The molecule has 0 aliphatic heterocycles. The van der Waals surface area contributed by atoms with Crippen LogP contribution in [-0.4, -0.2) is 38.4 Å². The summed E-state index contributed by atoms with van der Waals surface area (Å²) in [5.74, 6) is 6.47. The van der Waals surface area contributed by atoms with Gasteiger partial charge in [0, 0.05) is 25.3 Å². The second-order valence-corrected chi connectivity index (χ2v) is 8.34. The van der Waals surface area contributed by atoms with Gasteiger partial charge in [-0.1, -0.05) is 60.4 Å². The maximum Gasteiger partial charge on any atom is 0.472 e. The average Bonchev–Trinajstić information content (AvgIpc) is 2.78. The van der Waals surface area contributed by atoms with E-state index in [1.807, 2.05) is 48.5 Å². The molecule has 0 amide bonds. The van der Waals surface area contributed by atoms with Gasteiger partial charge in [-0.15, -0.1) is 0 Å². The van der Waals surface area contributed by atoms with Crippen LogP contribution < -0.4 is 0 Å². The zero-order valence-electron chi connectivity index (χ0n) is 17.5. The number of rotatable bonds is 9. The number of phosphoric ester groups is 1. The Kier molecular flexibility index (Phi) is 8.39. The monoisotopic (exact) mass is 440 g/mol. The third-order valence-electron chi connectivity index (χ3n) is 4.50. The van der Waals surface area contributed by atoms with Gasteiger partial charge in [-0.05, 0) is 34.5 Å². The Hall–Kier alpha value is -2.49. The molecule has 3 rings (SSSR count). The predicted molar refractivity (Wildman–Crippen MR) is 120 cm³/mol. The predicted octanol–water partition coefficient (Wildman–Crippen LogP) is 4.53. The normalized spacial score (nSPS) is 13.9. The maximum atomic E-state index is 11.6. The second kappa shape index (κ2) is 11.2. The molecule has 0 aromatic heterocycles. The van der Waals surface area contributed by atoms with Crippen LogP contribution in [0.15, 0.2) is 66.7 Å². The van der Waals surface area contributed by atoms with Crippen LogP contribution in [0.5, 0.6) is 0 Å². The molecular weight excluding hydrogens is 415 g/mol. The Balaban J connectivity index is 1.64. The minimum absolute atomic E-state index is 0.0770. The summed E-state index contributed by atoms with van der Waals surface area (Å²) in [5, 5.41) is 2.28. The Labute approximate surface area is 182 Å². The fourth-order valence-electron chi connectivity index (χ4n) is 3.05. The van der Waals surface area contributed by atoms with Gasteiger partial charge in [0.25, 0.3) is 0 Å². The molecular formula is C24H25O6P. The van der Waals surface area contributed by atoms with Crippen LogP contribution in [0.3, 0.4) is 0 Å². The molecule has 7 heteroatoms. The van der Waals surface area contributed by atoms with Gasteiger partial charge in [0.05, 0.1) is 19.8 Å². The van der Waals surface area contributed by atoms with Gasteiger partial charge in [-0.25, -0.2) is 4.57 Å². The van der Waals surface area contributed by atoms with E-state index in [1.165, 1.54) is 7.11 Å². The molecule has 0 bridgehead atoms. The zero-order valence-corrected chi connectivity index (χ0v) is 18.4. The van der Waals surface area contributed by atoms with Crippen LogP contribution >= 0.6 is 7.82 Å². The summed E-state index contributed by atoms with van der Waals surface area (Å²) < 4.78 is 31.7. The van der Waals surface area contributed by atoms with Crippen molar-refractivity contribution in [3.63, 3.8) is 0 Å². The quantitative estimate of drug-likeness (QED) is 0.389. The Morgan fingerprint density at radius 1 is 0.968 bits per heavy atom. The van der Waals surface area contributed by atoms with Crippen LogP contribution in [0.1, 0.15) is 16.7 Å². The molecule has 2 atom stereocenters. The molecule has 6 nitrogen and oxygen atoms in total. The van der Waals surface area contributed by atoms with Crippen LogP contribution in [-0.2, 0) is 29.7 Å². The number of benzene rings is 3. The van der Waals surface area contributed by atoms with Crippen molar-refractivity contribution in [2.45, 2.75) is 12.7 Å². The first-order valence-electron chi connectivity index (χ1n) is 9.73. The molecule has 0 saturated carbocycles. The van der Waals surface area contributed by atoms with Crippen LogP contribution in [0.25, 0.3) is 10.8 Å². The number of hydrogen-bond donors (Lipinski definition) is 1. The van der Waals surface area contributed by atoms with E-state index >= 15 is 0 Å². The van der Waals surface area contributed by atoms with Crippen molar-refractivity contribution in [3.8, 4) is 11.8 Å². The van der Waals surface area contributed by atoms with E-state index in [1.54, 1.807) is 0 Å². The highest BCUT2D eigenvalue weighted by Crippen LogP contribution is 2.43. The standard InChI is InChI=1S/C24H25O6P/c1-27-17-23(30-31(25,26)28-2)18-29-16-20-8-5-7-19(15-20)13-14-22-11-6-10-21-9-3-4-12-24(21)22/h3-12,15,23H,16-18H2,1-2H3,(H,25,26)/t23-/m1/s1. The van der Waals surface area contributed by atoms with Gasteiger partial charge in [-0.2, -0.15) is 0 Å². The fourth-order valence-corrected chi connectivity index (χ4v) is 3.63. The lowest BCUT2D eigenvalue weighted by Crippen LogP contribution is -2.24. The second-order valence-electron chi connectivity index (χ2n) is 6.83. The first kappa shape index (κ1) is 23.2. The lowest BCUT2D eigenvalue weighted by atomic mass is 10.0. The van der Waals surface area contributed by atoms with Gasteiger partial charge in [0.1, 0.15) is 6.10 Å². The highest BCUT2D eigenvalue weighted by atomic mass is 31.2. The number of hydrogen-bond acceptors (Lipinski definition) is 5. The van der Waals surface area contributed by atoms with Crippen molar-refractivity contribution in [2.75, 3.05) is 27.4 Å². The summed E-state index contributed by atoms with van der Waals surface area (Å²) in [4.78, 5) is 9.48. The third kappa shape index (κ3) is 7.02. The lowest BCUT2D eigenvalue weighted by Gasteiger charge is -2.19. The average molecular weight is 440 g/mol. The summed E-state index contributed by atoms with van der Waals surface area (Å²) in [6.07, 6.45) is -0.727. The lowest BCUT2D eigenvalue weighted by molar-refractivity contribution is -0.0135. The molecule has 1 unspecified atom stereocenters. The minimum Gasteiger partial charge on any atom is -0.382 e. The van der Waals surface area contributed by atoms with Gasteiger partial charge < -0.3 is 14.4 Å². The fraction of sp³-hybridized carbons (Fsp3) is 0.250. The molecule has 1 N–H and O–H groups in total. The highest BCUT2D eigenvalue weighted by molar-refractivity contribution is 7.47. The van der Waals surface area contributed by atoms with Gasteiger partial charge in [0.2, 0.25) is 0 Å². The number of methoxy groups -OCH3 is 1. The zero-order chi connectivity index (χ0) is 22.1. The van der Waals surface area contributed by atoms with Gasteiger partial charge in [0.15, 0.2) is 0 Å². The van der Waals surface area contributed by atoms with E-state index in [0.717, 1.165) is 34.6 Å². The molecule has 3 aromatic rings.